The molecule has 0 amide bonds. The van der Waals surface area contributed by atoms with Crippen molar-refractivity contribution >= 4 is 11.6 Å². The summed E-state index contributed by atoms with van der Waals surface area (Å²) >= 11 is 5.74. The maximum atomic E-state index is 5.74. The molecule has 2 rings (SSSR count). The van der Waals surface area contributed by atoms with E-state index in [2.05, 4.69) is 36.0 Å². The van der Waals surface area contributed by atoms with Gasteiger partial charge in [0.25, 0.3) is 0 Å². The summed E-state index contributed by atoms with van der Waals surface area (Å²) in [7, 11) is 2.18. The smallest absolute Gasteiger partial charge is 0.151 e. The Morgan fingerprint density at radius 2 is 1.94 bits per heavy atom. The molecule has 0 atom stereocenters. The third kappa shape index (κ3) is 3.66. The first-order valence-electron chi connectivity index (χ1n) is 6.65. The topological polar surface area (TPSA) is 29.0 Å². The Morgan fingerprint density at radius 3 is 2.50 bits per heavy atom. The minimum absolute atomic E-state index is 0.459. The van der Waals surface area contributed by atoms with Crippen molar-refractivity contribution in [2.75, 3.05) is 7.05 Å². The van der Waals surface area contributed by atoms with E-state index in [9.17, 15) is 0 Å². The van der Waals surface area contributed by atoms with Gasteiger partial charge in [0.05, 0.1) is 5.69 Å². The van der Waals surface area contributed by atoms with Gasteiger partial charge in [0, 0.05) is 12.6 Å². The minimum Gasteiger partial charge on any atom is -0.298 e. The Hall–Kier alpha value is -0.670. The van der Waals surface area contributed by atoms with E-state index < -0.39 is 0 Å². The molecule has 0 bridgehead atoms. The number of rotatable bonds is 3. The van der Waals surface area contributed by atoms with Gasteiger partial charge in [0.1, 0.15) is 0 Å². The van der Waals surface area contributed by atoms with Gasteiger partial charge in [-0.3, -0.25) is 4.90 Å². The zero-order valence-electron chi connectivity index (χ0n) is 11.5. The zero-order valence-corrected chi connectivity index (χ0v) is 12.2. The molecule has 1 aliphatic rings. The average Bonchev–Trinajstić information content (AvgIpc) is 2.32. The van der Waals surface area contributed by atoms with Crippen LogP contribution in [0.2, 0.25) is 5.15 Å². The molecule has 3 nitrogen and oxygen atoms in total. The van der Waals surface area contributed by atoms with Crippen molar-refractivity contribution in [2.24, 2.45) is 5.41 Å². The first kappa shape index (κ1) is 13.8. The molecule has 1 saturated carbocycles. The van der Waals surface area contributed by atoms with Crippen LogP contribution in [0.25, 0.3) is 0 Å². The summed E-state index contributed by atoms with van der Waals surface area (Å²) in [5, 5.41) is 8.47. The second kappa shape index (κ2) is 5.54. The fourth-order valence-electron chi connectivity index (χ4n) is 2.64. The Bertz CT molecular complexity index is 379. The quantitative estimate of drug-likeness (QED) is 0.839. The predicted molar refractivity (Wildman–Crippen MR) is 74.5 cm³/mol. The van der Waals surface area contributed by atoms with E-state index >= 15 is 0 Å². The molecule has 0 spiro atoms. The van der Waals surface area contributed by atoms with E-state index in [1.54, 1.807) is 0 Å². The summed E-state index contributed by atoms with van der Waals surface area (Å²) in [6.07, 6.45) is 5.19. The molecule has 0 aliphatic heterocycles. The normalized spacial score (nSPS) is 20.3. The van der Waals surface area contributed by atoms with Gasteiger partial charge in [-0.2, -0.15) is 5.10 Å². The summed E-state index contributed by atoms with van der Waals surface area (Å²) < 4.78 is 0. The van der Waals surface area contributed by atoms with Crippen LogP contribution in [0.3, 0.4) is 0 Å². The van der Waals surface area contributed by atoms with E-state index in [-0.39, 0.29) is 0 Å². The fourth-order valence-corrected chi connectivity index (χ4v) is 2.74. The largest absolute Gasteiger partial charge is 0.298 e. The van der Waals surface area contributed by atoms with Crippen molar-refractivity contribution in [1.82, 2.24) is 15.1 Å². The first-order chi connectivity index (χ1) is 8.46. The lowest BCUT2D eigenvalue weighted by atomic mass is 9.75. The number of halogens is 1. The van der Waals surface area contributed by atoms with E-state index in [4.69, 9.17) is 11.6 Å². The fraction of sp³-hybridized carbons (Fsp3) is 0.714. The molecule has 0 saturated heterocycles. The van der Waals surface area contributed by atoms with Crippen molar-refractivity contribution in [3.05, 3.63) is 23.0 Å². The first-order valence-corrected chi connectivity index (χ1v) is 7.02. The van der Waals surface area contributed by atoms with Crippen LogP contribution in [-0.2, 0) is 6.54 Å². The molecular formula is C14H22ClN3. The summed E-state index contributed by atoms with van der Waals surface area (Å²) in [4.78, 5) is 2.40. The van der Waals surface area contributed by atoms with Crippen LogP contribution in [0.4, 0.5) is 0 Å². The molecule has 0 N–H and O–H groups in total. The van der Waals surface area contributed by atoms with Crippen LogP contribution in [0.15, 0.2) is 12.1 Å². The molecule has 1 fully saturated rings. The van der Waals surface area contributed by atoms with Gasteiger partial charge in [-0.05, 0) is 50.3 Å². The van der Waals surface area contributed by atoms with E-state index in [1.165, 1.54) is 25.7 Å². The second-order valence-corrected chi connectivity index (χ2v) is 6.55. The van der Waals surface area contributed by atoms with Gasteiger partial charge in [0.2, 0.25) is 0 Å². The molecule has 0 radical (unpaired) electrons. The highest BCUT2D eigenvalue weighted by Crippen LogP contribution is 2.36. The minimum atomic E-state index is 0.459. The summed E-state index contributed by atoms with van der Waals surface area (Å²) in [5.74, 6) is 0. The zero-order chi connectivity index (χ0) is 13.2. The molecule has 0 unspecified atom stereocenters. The Kier molecular flexibility index (Phi) is 4.23. The second-order valence-electron chi connectivity index (χ2n) is 6.16. The maximum absolute atomic E-state index is 5.74. The highest BCUT2D eigenvalue weighted by Gasteiger charge is 2.28. The van der Waals surface area contributed by atoms with Gasteiger partial charge in [-0.15, -0.1) is 5.10 Å². The highest BCUT2D eigenvalue weighted by atomic mass is 35.5. The van der Waals surface area contributed by atoms with Crippen molar-refractivity contribution in [3.8, 4) is 0 Å². The molecule has 0 aromatic carbocycles. The van der Waals surface area contributed by atoms with Crippen molar-refractivity contribution in [2.45, 2.75) is 52.1 Å². The van der Waals surface area contributed by atoms with Crippen molar-refractivity contribution < 1.29 is 0 Å². The van der Waals surface area contributed by atoms with E-state index in [0.717, 1.165) is 12.2 Å². The molecule has 4 heteroatoms. The summed E-state index contributed by atoms with van der Waals surface area (Å²) in [6.45, 7) is 5.59. The predicted octanol–water partition coefficient (Wildman–Crippen LogP) is 3.53. The van der Waals surface area contributed by atoms with Gasteiger partial charge in [0.15, 0.2) is 5.15 Å². The third-order valence-corrected chi connectivity index (χ3v) is 4.23. The van der Waals surface area contributed by atoms with Gasteiger partial charge >= 0.3 is 0 Å². The van der Waals surface area contributed by atoms with Crippen molar-refractivity contribution in [3.63, 3.8) is 0 Å². The van der Waals surface area contributed by atoms with Gasteiger partial charge in [-0.1, -0.05) is 25.4 Å². The number of hydrogen-bond acceptors (Lipinski definition) is 3. The van der Waals surface area contributed by atoms with Crippen molar-refractivity contribution in [1.29, 1.82) is 0 Å². The van der Waals surface area contributed by atoms with Crippen LogP contribution in [-0.4, -0.2) is 28.2 Å². The van der Waals surface area contributed by atoms with Crippen LogP contribution < -0.4 is 0 Å². The lowest BCUT2D eigenvalue weighted by molar-refractivity contribution is 0.122. The van der Waals surface area contributed by atoms with E-state index in [1.807, 2.05) is 12.1 Å². The molecule has 100 valence electrons. The molecule has 1 aromatic heterocycles. The van der Waals surface area contributed by atoms with Gasteiger partial charge < -0.3 is 0 Å². The lowest BCUT2D eigenvalue weighted by Gasteiger charge is -2.38. The Balaban J connectivity index is 1.89. The number of hydrogen-bond donors (Lipinski definition) is 0. The molecule has 18 heavy (non-hydrogen) atoms. The highest BCUT2D eigenvalue weighted by molar-refractivity contribution is 6.29. The van der Waals surface area contributed by atoms with E-state index in [0.29, 0.717) is 16.6 Å². The van der Waals surface area contributed by atoms with Crippen LogP contribution in [0, 0.1) is 5.41 Å². The Labute approximate surface area is 115 Å². The molecule has 1 aromatic rings. The Morgan fingerprint density at radius 1 is 1.28 bits per heavy atom. The van der Waals surface area contributed by atoms with Crippen LogP contribution in [0.1, 0.15) is 45.2 Å². The lowest BCUT2D eigenvalue weighted by Crippen LogP contribution is -2.36. The third-order valence-electron chi connectivity index (χ3n) is 4.03. The average molecular weight is 268 g/mol. The monoisotopic (exact) mass is 267 g/mol. The number of aromatic nitrogens is 2. The maximum Gasteiger partial charge on any atom is 0.151 e. The standard InChI is InChI=1S/C14H22ClN3/c1-14(2)8-6-12(7-9-14)18(3)10-11-4-5-13(15)17-16-11/h4-5,12H,6-10H2,1-3H3. The SMILES string of the molecule is CN(Cc1ccc(Cl)nn1)C1CCC(C)(C)CC1. The molecular weight excluding hydrogens is 246 g/mol. The summed E-state index contributed by atoms with van der Waals surface area (Å²) in [6, 6.07) is 4.44. The van der Waals surface area contributed by atoms with Gasteiger partial charge in [-0.25, -0.2) is 0 Å². The molecule has 1 aliphatic carbocycles. The molecule has 1 heterocycles. The van der Waals surface area contributed by atoms with Crippen LogP contribution >= 0.6 is 11.6 Å². The van der Waals surface area contributed by atoms with Crippen LogP contribution in [0.5, 0.6) is 0 Å². The number of nitrogens with zero attached hydrogens (tertiary/aromatic N) is 3. The summed E-state index contributed by atoms with van der Waals surface area (Å²) in [5.41, 5.74) is 1.52.